The van der Waals surface area contributed by atoms with Crippen LogP contribution in [0.25, 0.3) is 0 Å². The molecular formula is C14H15NO3S2. The van der Waals surface area contributed by atoms with Crippen LogP contribution < -0.4 is 4.74 Å². The number of carbonyl (C=O) groups is 1. The predicted octanol–water partition coefficient (Wildman–Crippen LogP) is 3.25. The smallest absolute Gasteiger partial charge is 0.307 e. The van der Waals surface area contributed by atoms with Crippen molar-refractivity contribution in [1.82, 2.24) is 4.98 Å². The summed E-state index contributed by atoms with van der Waals surface area (Å²) in [4.78, 5) is 14.9. The molecule has 0 atom stereocenters. The Hall–Kier alpha value is -1.53. The largest absolute Gasteiger partial charge is 0.493 e. The Morgan fingerprint density at radius 3 is 2.75 bits per heavy atom. The third kappa shape index (κ3) is 4.86. The molecule has 4 nitrogen and oxygen atoms in total. The Morgan fingerprint density at radius 2 is 2.15 bits per heavy atom. The summed E-state index contributed by atoms with van der Waals surface area (Å²) in [6.45, 7) is 2.58. The lowest BCUT2D eigenvalue weighted by molar-refractivity contribution is -0.136. The van der Waals surface area contributed by atoms with Gasteiger partial charge in [0.2, 0.25) is 0 Å². The molecule has 1 aromatic heterocycles. The third-order valence-electron chi connectivity index (χ3n) is 2.45. The van der Waals surface area contributed by atoms with Crippen LogP contribution in [0.2, 0.25) is 0 Å². The number of hydrogen-bond acceptors (Lipinski definition) is 5. The van der Waals surface area contributed by atoms with Gasteiger partial charge in [0.25, 0.3) is 0 Å². The highest BCUT2D eigenvalue weighted by molar-refractivity contribution is 8.01. The molecule has 0 saturated carbocycles. The van der Waals surface area contributed by atoms with Crippen molar-refractivity contribution >= 4 is 29.1 Å². The van der Waals surface area contributed by atoms with Gasteiger partial charge in [0.15, 0.2) is 0 Å². The molecule has 0 fully saturated rings. The fraction of sp³-hybridized carbons (Fsp3) is 0.286. The molecule has 0 aliphatic rings. The SMILES string of the molecule is Cc1csc(SCCOc2ccc(CC(=O)O)cc2)n1. The minimum Gasteiger partial charge on any atom is -0.493 e. The van der Waals surface area contributed by atoms with E-state index in [-0.39, 0.29) is 6.42 Å². The van der Waals surface area contributed by atoms with Gasteiger partial charge in [-0.3, -0.25) is 4.79 Å². The van der Waals surface area contributed by atoms with E-state index in [1.165, 1.54) is 0 Å². The fourth-order valence-corrected chi connectivity index (χ4v) is 3.30. The van der Waals surface area contributed by atoms with E-state index in [1.807, 2.05) is 12.3 Å². The van der Waals surface area contributed by atoms with Crippen molar-refractivity contribution in [3.05, 3.63) is 40.9 Å². The average molecular weight is 309 g/mol. The van der Waals surface area contributed by atoms with Crippen LogP contribution in [-0.4, -0.2) is 28.4 Å². The van der Waals surface area contributed by atoms with Gasteiger partial charge in [0.05, 0.1) is 13.0 Å². The first-order valence-electron chi connectivity index (χ1n) is 6.12. The summed E-state index contributed by atoms with van der Waals surface area (Å²) in [5, 5.41) is 10.7. The Balaban J connectivity index is 1.72. The van der Waals surface area contributed by atoms with E-state index in [1.54, 1.807) is 47.4 Å². The van der Waals surface area contributed by atoms with Gasteiger partial charge in [-0.1, -0.05) is 23.9 Å². The number of thiazole rings is 1. The van der Waals surface area contributed by atoms with Crippen molar-refractivity contribution in [3.8, 4) is 5.75 Å². The van der Waals surface area contributed by atoms with Crippen LogP contribution in [0.4, 0.5) is 0 Å². The standard InChI is InChI=1S/C14H15NO3S2/c1-10-9-20-14(15-10)19-7-6-18-12-4-2-11(3-5-12)8-13(16)17/h2-5,9H,6-8H2,1H3,(H,16,17). The molecular weight excluding hydrogens is 294 g/mol. The molecule has 20 heavy (non-hydrogen) atoms. The van der Waals surface area contributed by atoms with Gasteiger partial charge < -0.3 is 9.84 Å². The summed E-state index contributed by atoms with van der Waals surface area (Å²) >= 11 is 3.32. The highest BCUT2D eigenvalue weighted by Gasteiger charge is 2.02. The number of nitrogens with zero attached hydrogens (tertiary/aromatic N) is 1. The van der Waals surface area contributed by atoms with Gasteiger partial charge in [0.1, 0.15) is 10.1 Å². The Labute approximate surface area is 125 Å². The maximum Gasteiger partial charge on any atom is 0.307 e. The van der Waals surface area contributed by atoms with Crippen molar-refractivity contribution in [3.63, 3.8) is 0 Å². The minimum absolute atomic E-state index is 0.0412. The van der Waals surface area contributed by atoms with Gasteiger partial charge in [-0.15, -0.1) is 11.3 Å². The molecule has 1 aromatic carbocycles. The Bertz CT molecular complexity index is 566. The van der Waals surface area contributed by atoms with Crippen molar-refractivity contribution in [2.24, 2.45) is 0 Å². The average Bonchev–Trinajstić information content (AvgIpc) is 2.82. The molecule has 0 bridgehead atoms. The number of rotatable bonds is 7. The number of aliphatic carboxylic acids is 1. The van der Waals surface area contributed by atoms with Gasteiger partial charge in [-0.25, -0.2) is 4.98 Å². The number of ether oxygens (including phenoxy) is 1. The maximum atomic E-state index is 10.6. The quantitative estimate of drug-likeness (QED) is 0.628. The summed E-state index contributed by atoms with van der Waals surface area (Å²) in [5.74, 6) is 0.771. The molecule has 2 aromatic rings. The topological polar surface area (TPSA) is 59.4 Å². The molecule has 1 heterocycles. The molecule has 0 saturated heterocycles. The van der Waals surface area contributed by atoms with Crippen LogP contribution in [0, 0.1) is 6.92 Å². The number of hydrogen-bond donors (Lipinski definition) is 1. The summed E-state index contributed by atoms with van der Waals surface area (Å²) in [6, 6.07) is 7.16. The normalized spacial score (nSPS) is 10.4. The van der Waals surface area contributed by atoms with Gasteiger partial charge >= 0.3 is 5.97 Å². The molecule has 0 aliphatic carbocycles. The number of aryl methyl sites for hydroxylation is 1. The molecule has 2 rings (SSSR count). The first-order valence-corrected chi connectivity index (χ1v) is 7.98. The molecule has 106 valence electrons. The van der Waals surface area contributed by atoms with Crippen molar-refractivity contribution < 1.29 is 14.6 Å². The van der Waals surface area contributed by atoms with E-state index in [0.717, 1.165) is 27.1 Å². The van der Waals surface area contributed by atoms with E-state index >= 15 is 0 Å². The van der Waals surface area contributed by atoms with Crippen LogP contribution in [0.5, 0.6) is 5.75 Å². The molecule has 0 amide bonds. The van der Waals surface area contributed by atoms with Crippen LogP contribution >= 0.6 is 23.1 Å². The number of benzene rings is 1. The van der Waals surface area contributed by atoms with Crippen molar-refractivity contribution in [2.45, 2.75) is 17.7 Å². The zero-order valence-corrected chi connectivity index (χ0v) is 12.7. The number of carboxylic acids is 1. The lowest BCUT2D eigenvalue weighted by atomic mass is 10.1. The van der Waals surface area contributed by atoms with Gasteiger partial charge in [0, 0.05) is 16.8 Å². The predicted molar refractivity (Wildman–Crippen MR) is 80.9 cm³/mol. The molecule has 1 N–H and O–H groups in total. The minimum atomic E-state index is -0.825. The van der Waals surface area contributed by atoms with E-state index in [4.69, 9.17) is 9.84 Å². The van der Waals surface area contributed by atoms with Crippen LogP contribution in [0.3, 0.4) is 0 Å². The van der Waals surface area contributed by atoms with Crippen molar-refractivity contribution in [2.75, 3.05) is 12.4 Å². The van der Waals surface area contributed by atoms with E-state index in [2.05, 4.69) is 4.98 Å². The zero-order chi connectivity index (χ0) is 14.4. The Morgan fingerprint density at radius 1 is 1.40 bits per heavy atom. The lowest BCUT2D eigenvalue weighted by Gasteiger charge is -2.05. The maximum absolute atomic E-state index is 10.6. The van der Waals surface area contributed by atoms with E-state index in [9.17, 15) is 4.79 Å². The number of carboxylic acid groups (broad SMARTS) is 1. The number of aromatic nitrogens is 1. The lowest BCUT2D eigenvalue weighted by Crippen LogP contribution is -2.02. The summed E-state index contributed by atoms with van der Waals surface area (Å²) in [5.41, 5.74) is 1.82. The highest BCUT2D eigenvalue weighted by Crippen LogP contribution is 2.22. The fourth-order valence-electron chi connectivity index (χ4n) is 1.57. The van der Waals surface area contributed by atoms with E-state index in [0.29, 0.717) is 6.61 Å². The first-order chi connectivity index (χ1) is 9.63. The van der Waals surface area contributed by atoms with E-state index < -0.39 is 5.97 Å². The molecule has 0 unspecified atom stereocenters. The Kier molecular flexibility index (Phi) is 5.43. The summed E-state index contributed by atoms with van der Waals surface area (Å²) in [6.07, 6.45) is 0.0412. The summed E-state index contributed by atoms with van der Waals surface area (Å²) < 4.78 is 6.66. The molecule has 6 heteroatoms. The second-order valence-corrected chi connectivity index (χ2v) is 6.37. The second kappa shape index (κ2) is 7.31. The third-order valence-corrected chi connectivity index (χ3v) is 4.56. The highest BCUT2D eigenvalue weighted by atomic mass is 32.2. The summed E-state index contributed by atoms with van der Waals surface area (Å²) in [7, 11) is 0. The van der Waals surface area contributed by atoms with Gasteiger partial charge in [-0.05, 0) is 24.6 Å². The van der Waals surface area contributed by atoms with Crippen LogP contribution in [0.15, 0.2) is 34.0 Å². The van der Waals surface area contributed by atoms with Gasteiger partial charge in [-0.2, -0.15) is 0 Å². The second-order valence-electron chi connectivity index (χ2n) is 4.17. The first kappa shape index (κ1) is 14.9. The van der Waals surface area contributed by atoms with Crippen molar-refractivity contribution in [1.29, 1.82) is 0 Å². The number of thioether (sulfide) groups is 1. The zero-order valence-electron chi connectivity index (χ0n) is 11.0. The van der Waals surface area contributed by atoms with Crippen LogP contribution in [-0.2, 0) is 11.2 Å². The molecule has 0 radical (unpaired) electrons. The molecule has 0 aliphatic heterocycles. The van der Waals surface area contributed by atoms with Crippen LogP contribution in [0.1, 0.15) is 11.3 Å². The molecule has 0 spiro atoms. The monoisotopic (exact) mass is 309 g/mol.